The molecule has 1 N–H and O–H groups in total. The van der Waals surface area contributed by atoms with E-state index in [9.17, 15) is 23.9 Å². The first kappa shape index (κ1) is 22.1. The van der Waals surface area contributed by atoms with E-state index in [1.807, 2.05) is 19.0 Å². The lowest BCUT2D eigenvalue weighted by Crippen LogP contribution is -2.64. The van der Waals surface area contributed by atoms with Crippen molar-refractivity contribution in [2.75, 3.05) is 19.0 Å². The van der Waals surface area contributed by atoms with Crippen LogP contribution in [-0.4, -0.2) is 47.3 Å². The molecule has 0 aliphatic heterocycles. The van der Waals surface area contributed by atoms with Crippen molar-refractivity contribution < 1.29 is 28.4 Å². The average Bonchev–Trinajstić information content (AvgIpc) is 3.16. The van der Waals surface area contributed by atoms with Gasteiger partial charge in [-0.15, -0.1) is 0 Å². The molecule has 35 heavy (non-hydrogen) atoms. The van der Waals surface area contributed by atoms with Gasteiger partial charge in [-0.25, -0.2) is 4.39 Å². The molecule has 1 aromatic heterocycles. The van der Waals surface area contributed by atoms with Gasteiger partial charge < -0.3 is 14.5 Å². The van der Waals surface area contributed by atoms with Crippen molar-refractivity contribution in [3.05, 3.63) is 57.7 Å². The Kier molecular flexibility index (Phi) is 4.46. The minimum atomic E-state index is -2.28. The number of carbonyl (C=O) groups is 3. The van der Waals surface area contributed by atoms with E-state index in [4.69, 9.17) is 4.52 Å². The van der Waals surface area contributed by atoms with Gasteiger partial charge in [-0.1, -0.05) is 5.16 Å². The third-order valence-electron chi connectivity index (χ3n) is 8.29. The van der Waals surface area contributed by atoms with E-state index in [1.54, 1.807) is 19.9 Å². The molecule has 1 saturated carbocycles. The number of ketones is 3. The summed E-state index contributed by atoms with van der Waals surface area (Å²) in [6.07, 6.45) is 0.990. The number of Topliss-reactive ketones (excluding diaryl/α,β-unsaturated/α-hetero) is 3. The van der Waals surface area contributed by atoms with Gasteiger partial charge in [0.2, 0.25) is 5.78 Å². The van der Waals surface area contributed by atoms with Crippen LogP contribution in [0.15, 0.2) is 22.7 Å². The molecule has 8 heteroatoms. The van der Waals surface area contributed by atoms with Crippen LogP contribution in [0.1, 0.15) is 49.7 Å². The van der Waals surface area contributed by atoms with E-state index in [-0.39, 0.29) is 17.9 Å². The van der Waals surface area contributed by atoms with Crippen LogP contribution in [-0.2, 0) is 17.6 Å². The van der Waals surface area contributed by atoms with Gasteiger partial charge >= 0.3 is 0 Å². The van der Waals surface area contributed by atoms with Gasteiger partial charge in [-0.2, -0.15) is 0 Å². The van der Waals surface area contributed by atoms with Crippen LogP contribution in [0, 0.1) is 37.4 Å². The van der Waals surface area contributed by atoms with E-state index in [1.165, 1.54) is 12.1 Å². The molecule has 3 aliphatic carbocycles. The molecular formula is C27H25FN2O5. The molecule has 3 aliphatic rings. The highest BCUT2D eigenvalue weighted by atomic mass is 19.1. The smallest absolute Gasteiger partial charge is 0.207 e. The molecule has 2 aromatic carbocycles. The number of aryl methyl sites for hydroxylation is 2. The zero-order valence-electron chi connectivity index (χ0n) is 19.9. The topological polar surface area (TPSA) is 101 Å². The van der Waals surface area contributed by atoms with Crippen molar-refractivity contribution in [1.82, 2.24) is 5.16 Å². The number of aliphatic hydroxyl groups is 1. The Bertz CT molecular complexity index is 1490. The number of fused-ring (bicyclic) bond motifs is 5. The first-order valence-corrected chi connectivity index (χ1v) is 11.8. The third-order valence-corrected chi connectivity index (χ3v) is 8.29. The van der Waals surface area contributed by atoms with Crippen molar-refractivity contribution in [2.45, 2.75) is 38.7 Å². The minimum Gasteiger partial charge on any atom is -0.377 e. The molecule has 0 bridgehead atoms. The monoisotopic (exact) mass is 476 g/mol. The molecule has 0 saturated heterocycles. The number of aromatic nitrogens is 1. The SMILES string of the molecule is Cc1noc2c1C(=O)C1(O)C(=O)C3C(=O)c4c(c(N(C)C)c5ccc(F)cc5c4C)CC3CC1C2. The van der Waals surface area contributed by atoms with Crippen molar-refractivity contribution in [1.29, 1.82) is 0 Å². The van der Waals surface area contributed by atoms with E-state index in [0.29, 0.717) is 40.8 Å². The molecular weight excluding hydrogens is 451 g/mol. The highest BCUT2D eigenvalue weighted by Crippen LogP contribution is 2.51. The Morgan fingerprint density at radius 3 is 2.57 bits per heavy atom. The second kappa shape index (κ2) is 7.07. The fourth-order valence-corrected chi connectivity index (χ4v) is 6.78. The number of hydrogen-bond donors (Lipinski definition) is 1. The first-order valence-electron chi connectivity index (χ1n) is 11.8. The summed E-state index contributed by atoms with van der Waals surface area (Å²) in [5.41, 5.74) is 0.853. The van der Waals surface area contributed by atoms with Crippen molar-refractivity contribution in [2.24, 2.45) is 17.8 Å². The molecule has 0 amide bonds. The van der Waals surface area contributed by atoms with E-state index >= 15 is 0 Å². The van der Waals surface area contributed by atoms with Crippen LogP contribution >= 0.6 is 0 Å². The third kappa shape index (κ3) is 2.68. The maximum absolute atomic E-state index is 14.2. The predicted octanol–water partition coefficient (Wildman–Crippen LogP) is 3.38. The number of anilines is 1. The highest BCUT2D eigenvalue weighted by molar-refractivity contribution is 6.27. The van der Waals surface area contributed by atoms with Crippen molar-refractivity contribution in [3.63, 3.8) is 0 Å². The van der Waals surface area contributed by atoms with Crippen LogP contribution in [0.2, 0.25) is 0 Å². The number of rotatable bonds is 1. The maximum Gasteiger partial charge on any atom is 0.207 e. The number of hydrogen-bond acceptors (Lipinski definition) is 7. The Morgan fingerprint density at radius 2 is 1.86 bits per heavy atom. The summed E-state index contributed by atoms with van der Waals surface area (Å²) in [5.74, 6) is -4.07. The number of benzene rings is 2. The summed E-state index contributed by atoms with van der Waals surface area (Å²) in [6, 6.07) is 4.54. The van der Waals surface area contributed by atoms with Crippen molar-refractivity contribution >= 4 is 33.8 Å². The van der Waals surface area contributed by atoms with Gasteiger partial charge in [-0.05, 0) is 67.3 Å². The van der Waals surface area contributed by atoms with Crippen LogP contribution < -0.4 is 4.90 Å². The standard InChI is InChI=1S/C27H25FN2O5/c1-11-17-10-15(28)5-6-16(17)23(30(3)4)18-8-13-7-14-9-19-21(12(2)29-35-19)25(32)27(14,34)26(33)22(13)24(31)20(11)18/h5-6,10,13-14,22,34H,7-9H2,1-4H3. The first-order chi connectivity index (χ1) is 16.6. The van der Waals surface area contributed by atoms with Crippen LogP contribution in [0.3, 0.4) is 0 Å². The lowest BCUT2D eigenvalue weighted by Gasteiger charge is -2.47. The maximum atomic E-state index is 14.2. The van der Waals surface area contributed by atoms with Crippen molar-refractivity contribution in [3.8, 4) is 0 Å². The Labute approximate surface area is 200 Å². The molecule has 7 nitrogen and oxygen atoms in total. The predicted molar refractivity (Wildman–Crippen MR) is 125 cm³/mol. The molecule has 0 radical (unpaired) electrons. The molecule has 180 valence electrons. The molecule has 1 heterocycles. The fourth-order valence-electron chi connectivity index (χ4n) is 6.78. The fraction of sp³-hybridized carbons (Fsp3) is 0.407. The van der Waals surface area contributed by atoms with Gasteiger partial charge in [0.05, 0.1) is 17.2 Å². The van der Waals surface area contributed by atoms with Gasteiger partial charge in [0, 0.05) is 43.1 Å². The van der Waals surface area contributed by atoms with E-state index in [0.717, 1.165) is 16.6 Å². The summed E-state index contributed by atoms with van der Waals surface area (Å²) in [5, 5.41) is 16.9. The number of carbonyl (C=O) groups excluding carboxylic acids is 3. The zero-order valence-corrected chi connectivity index (χ0v) is 19.9. The molecule has 6 rings (SSSR count). The second-order valence-electron chi connectivity index (χ2n) is 10.4. The van der Waals surface area contributed by atoms with Gasteiger partial charge in [0.1, 0.15) is 11.6 Å². The summed E-state index contributed by atoms with van der Waals surface area (Å²) in [6.45, 7) is 3.36. The zero-order chi connectivity index (χ0) is 25.0. The summed E-state index contributed by atoms with van der Waals surface area (Å²) < 4.78 is 19.5. The van der Waals surface area contributed by atoms with Crippen LogP contribution in [0.4, 0.5) is 10.1 Å². The quantitative estimate of drug-likeness (QED) is 0.538. The molecule has 3 aromatic rings. The van der Waals surface area contributed by atoms with Gasteiger partial charge in [-0.3, -0.25) is 14.4 Å². The largest absolute Gasteiger partial charge is 0.377 e. The average molecular weight is 477 g/mol. The van der Waals surface area contributed by atoms with Gasteiger partial charge in [0.15, 0.2) is 17.2 Å². The Hall–Kier alpha value is -3.39. The number of halogens is 1. The normalized spacial score (nSPS) is 27.4. The highest BCUT2D eigenvalue weighted by Gasteiger charge is 2.63. The van der Waals surface area contributed by atoms with E-state index in [2.05, 4.69) is 5.16 Å². The lowest BCUT2D eigenvalue weighted by atomic mass is 9.55. The van der Waals surface area contributed by atoms with Crippen LogP contribution in [0.25, 0.3) is 10.8 Å². The summed E-state index contributed by atoms with van der Waals surface area (Å²) >= 11 is 0. The summed E-state index contributed by atoms with van der Waals surface area (Å²) in [4.78, 5) is 43.1. The molecule has 4 atom stereocenters. The lowest BCUT2D eigenvalue weighted by molar-refractivity contribution is -0.149. The van der Waals surface area contributed by atoms with Gasteiger partial charge in [0.25, 0.3) is 0 Å². The summed E-state index contributed by atoms with van der Waals surface area (Å²) in [7, 11) is 3.76. The Balaban J connectivity index is 1.55. The van der Waals surface area contributed by atoms with Crippen LogP contribution in [0.5, 0.6) is 0 Å². The second-order valence-corrected chi connectivity index (χ2v) is 10.4. The van der Waals surface area contributed by atoms with E-state index < -0.39 is 40.6 Å². The molecule has 0 spiro atoms. The minimum absolute atomic E-state index is 0.145. The Morgan fingerprint density at radius 1 is 1.11 bits per heavy atom. The molecule has 4 unspecified atom stereocenters. The number of nitrogens with zero attached hydrogens (tertiary/aromatic N) is 2. The molecule has 1 fully saturated rings.